The van der Waals surface area contributed by atoms with E-state index in [9.17, 15) is 9.59 Å². The van der Waals surface area contributed by atoms with Crippen LogP contribution in [0, 0.1) is 0 Å². The Kier molecular flexibility index (Phi) is 6.84. The van der Waals surface area contributed by atoms with Crippen LogP contribution in [0.15, 0.2) is 77.3 Å². The van der Waals surface area contributed by atoms with Crippen molar-refractivity contribution < 1.29 is 18.7 Å². The van der Waals surface area contributed by atoms with E-state index in [1.807, 2.05) is 24.3 Å². The molecular formula is C27H19Cl2N3O4. The largest absolute Gasteiger partial charge is 0.462 e. The highest BCUT2D eigenvalue weighted by Gasteiger charge is 2.14. The molecule has 0 bridgehead atoms. The molecule has 0 saturated carbocycles. The second kappa shape index (κ2) is 10.4. The zero-order valence-corrected chi connectivity index (χ0v) is 20.3. The summed E-state index contributed by atoms with van der Waals surface area (Å²) in [4.78, 5) is 33.6. The Balaban J connectivity index is 1.14. The summed E-state index contributed by atoms with van der Waals surface area (Å²) in [6.45, 7) is 0.501. The lowest BCUT2D eigenvalue weighted by atomic mass is 10.1. The van der Waals surface area contributed by atoms with Gasteiger partial charge in [-0.15, -0.1) is 0 Å². The number of oxazole rings is 1. The number of para-hydroxylation sites is 1. The first-order valence-corrected chi connectivity index (χ1v) is 11.9. The molecule has 3 aromatic carbocycles. The number of benzene rings is 3. The molecule has 0 unspecified atom stereocenters. The fourth-order valence-corrected chi connectivity index (χ4v) is 4.20. The average Bonchev–Trinajstić information content (AvgIpc) is 3.31. The predicted molar refractivity (Wildman–Crippen MR) is 138 cm³/mol. The number of nitrogens with zero attached hydrogens (tertiary/aromatic N) is 2. The van der Waals surface area contributed by atoms with Gasteiger partial charge in [0.1, 0.15) is 5.52 Å². The standard InChI is InChI=1S/C27H19Cl2N3O4/c28-20-11-18(12-21(29)14-20)26-32-23-7-6-17(13-24(23)36-26)27(34)35-9-3-8-30-25(33)19-10-16-4-1-2-5-22(16)31-15-19/h1-2,4-7,10-15H,3,8-9H2,(H,30,33). The van der Waals surface area contributed by atoms with E-state index >= 15 is 0 Å². The van der Waals surface area contributed by atoms with Crippen LogP contribution < -0.4 is 5.32 Å². The summed E-state index contributed by atoms with van der Waals surface area (Å²) in [6, 6.07) is 19.3. The summed E-state index contributed by atoms with van der Waals surface area (Å²) in [5, 5.41) is 4.64. The molecule has 5 aromatic rings. The number of pyridine rings is 1. The number of rotatable bonds is 7. The molecule has 5 rings (SSSR count). The van der Waals surface area contributed by atoms with E-state index in [1.54, 1.807) is 48.7 Å². The van der Waals surface area contributed by atoms with Gasteiger partial charge in [0.05, 0.1) is 23.3 Å². The molecule has 2 aromatic heterocycles. The van der Waals surface area contributed by atoms with Crippen molar-refractivity contribution in [1.29, 1.82) is 0 Å². The highest BCUT2D eigenvalue weighted by atomic mass is 35.5. The fourth-order valence-electron chi connectivity index (χ4n) is 3.67. The van der Waals surface area contributed by atoms with E-state index in [-0.39, 0.29) is 12.5 Å². The average molecular weight is 520 g/mol. The summed E-state index contributed by atoms with van der Waals surface area (Å²) in [5.74, 6) is -0.380. The molecule has 1 amide bonds. The SMILES string of the molecule is O=C(NCCCOC(=O)c1ccc2nc(-c3cc(Cl)cc(Cl)c3)oc2c1)c1cnc2ccccc2c1. The summed E-state index contributed by atoms with van der Waals surface area (Å²) in [6.07, 6.45) is 2.01. The fraction of sp³-hybridized carbons (Fsp3) is 0.111. The maximum absolute atomic E-state index is 12.5. The van der Waals surface area contributed by atoms with Crippen LogP contribution in [0.1, 0.15) is 27.1 Å². The van der Waals surface area contributed by atoms with Gasteiger partial charge in [0, 0.05) is 33.7 Å². The molecule has 1 N–H and O–H groups in total. The maximum Gasteiger partial charge on any atom is 0.338 e. The van der Waals surface area contributed by atoms with Gasteiger partial charge in [0.25, 0.3) is 5.91 Å². The van der Waals surface area contributed by atoms with Crippen molar-refractivity contribution in [2.75, 3.05) is 13.2 Å². The number of aromatic nitrogens is 2. The second-order valence-corrected chi connectivity index (χ2v) is 8.89. The van der Waals surface area contributed by atoms with Crippen molar-refractivity contribution in [2.24, 2.45) is 0 Å². The zero-order chi connectivity index (χ0) is 25.1. The summed E-state index contributed by atoms with van der Waals surface area (Å²) in [5.41, 5.74) is 3.30. The van der Waals surface area contributed by atoms with Gasteiger partial charge in [0.15, 0.2) is 5.58 Å². The summed E-state index contributed by atoms with van der Waals surface area (Å²) < 4.78 is 11.1. The number of fused-ring (bicyclic) bond motifs is 2. The number of amides is 1. The lowest BCUT2D eigenvalue weighted by Gasteiger charge is -2.07. The molecule has 0 aliphatic carbocycles. The third-order valence-corrected chi connectivity index (χ3v) is 5.86. The van der Waals surface area contributed by atoms with Gasteiger partial charge in [-0.3, -0.25) is 9.78 Å². The minimum atomic E-state index is -0.495. The molecule has 0 spiro atoms. The third-order valence-electron chi connectivity index (χ3n) is 5.43. The van der Waals surface area contributed by atoms with Crippen molar-refractivity contribution in [3.63, 3.8) is 0 Å². The first kappa shape index (κ1) is 23.8. The molecule has 0 atom stereocenters. The molecular weight excluding hydrogens is 501 g/mol. The van der Waals surface area contributed by atoms with Crippen molar-refractivity contribution in [2.45, 2.75) is 6.42 Å². The number of halogens is 2. The highest BCUT2D eigenvalue weighted by Crippen LogP contribution is 2.29. The van der Waals surface area contributed by atoms with Crippen LogP contribution in [-0.4, -0.2) is 35.0 Å². The molecule has 36 heavy (non-hydrogen) atoms. The van der Waals surface area contributed by atoms with E-state index in [2.05, 4.69) is 15.3 Å². The maximum atomic E-state index is 12.5. The molecule has 180 valence electrons. The molecule has 0 aliphatic heterocycles. The van der Waals surface area contributed by atoms with Crippen molar-refractivity contribution in [3.8, 4) is 11.5 Å². The number of ether oxygens (including phenoxy) is 1. The lowest BCUT2D eigenvalue weighted by Crippen LogP contribution is -2.25. The Bertz CT molecular complexity index is 1580. The van der Waals surface area contributed by atoms with Gasteiger partial charge in [0.2, 0.25) is 5.89 Å². The van der Waals surface area contributed by atoms with Gasteiger partial charge in [-0.1, -0.05) is 41.4 Å². The molecule has 7 nitrogen and oxygen atoms in total. The van der Waals surface area contributed by atoms with E-state index in [1.165, 1.54) is 0 Å². The van der Waals surface area contributed by atoms with Crippen LogP contribution in [0.2, 0.25) is 10.0 Å². The number of hydrogen-bond acceptors (Lipinski definition) is 6. The topological polar surface area (TPSA) is 94.3 Å². The van der Waals surface area contributed by atoms with E-state index in [0.29, 0.717) is 56.7 Å². The Morgan fingerprint density at radius 1 is 0.917 bits per heavy atom. The number of hydrogen-bond donors (Lipinski definition) is 1. The molecule has 0 aliphatic rings. The van der Waals surface area contributed by atoms with Crippen LogP contribution in [-0.2, 0) is 4.74 Å². The zero-order valence-electron chi connectivity index (χ0n) is 18.8. The summed E-state index contributed by atoms with van der Waals surface area (Å²) >= 11 is 12.1. The molecule has 9 heteroatoms. The molecule has 2 heterocycles. The normalized spacial score (nSPS) is 11.1. The highest BCUT2D eigenvalue weighted by molar-refractivity contribution is 6.35. The summed E-state index contributed by atoms with van der Waals surface area (Å²) in [7, 11) is 0. The van der Waals surface area contributed by atoms with Crippen molar-refractivity contribution >= 4 is 57.1 Å². The van der Waals surface area contributed by atoms with Gasteiger partial charge < -0.3 is 14.5 Å². The lowest BCUT2D eigenvalue weighted by molar-refractivity contribution is 0.0501. The van der Waals surface area contributed by atoms with E-state index < -0.39 is 5.97 Å². The number of carbonyl (C=O) groups excluding carboxylic acids is 2. The monoisotopic (exact) mass is 519 g/mol. The van der Waals surface area contributed by atoms with Crippen LogP contribution in [0.4, 0.5) is 0 Å². The quantitative estimate of drug-likeness (QED) is 0.199. The Morgan fingerprint density at radius 2 is 1.72 bits per heavy atom. The predicted octanol–water partition coefficient (Wildman–Crippen LogP) is 6.33. The first-order chi connectivity index (χ1) is 17.5. The van der Waals surface area contributed by atoms with Crippen molar-refractivity contribution in [3.05, 3.63) is 94.1 Å². The van der Waals surface area contributed by atoms with Gasteiger partial charge in [-0.25, -0.2) is 9.78 Å². The Morgan fingerprint density at radius 3 is 2.56 bits per heavy atom. The number of nitrogens with one attached hydrogen (secondary N) is 1. The smallest absolute Gasteiger partial charge is 0.338 e. The van der Waals surface area contributed by atoms with E-state index in [0.717, 1.165) is 10.9 Å². The van der Waals surface area contributed by atoms with Crippen LogP contribution in [0.5, 0.6) is 0 Å². The Hall–Kier alpha value is -3.94. The number of carbonyl (C=O) groups is 2. The van der Waals surface area contributed by atoms with Gasteiger partial charge in [-0.2, -0.15) is 0 Å². The van der Waals surface area contributed by atoms with Crippen LogP contribution >= 0.6 is 23.2 Å². The molecule has 0 radical (unpaired) electrons. The van der Waals surface area contributed by atoms with E-state index in [4.69, 9.17) is 32.4 Å². The Labute approximate surface area is 216 Å². The molecule has 0 saturated heterocycles. The van der Waals surface area contributed by atoms with Crippen molar-refractivity contribution in [1.82, 2.24) is 15.3 Å². The molecule has 0 fully saturated rings. The van der Waals surface area contributed by atoms with Gasteiger partial charge in [-0.05, 0) is 55.0 Å². The van der Waals surface area contributed by atoms with Gasteiger partial charge >= 0.3 is 5.97 Å². The third kappa shape index (κ3) is 5.32. The number of esters is 1. The second-order valence-electron chi connectivity index (χ2n) is 8.02. The minimum Gasteiger partial charge on any atom is -0.462 e. The van der Waals surface area contributed by atoms with Crippen LogP contribution in [0.25, 0.3) is 33.5 Å². The van der Waals surface area contributed by atoms with Crippen LogP contribution in [0.3, 0.4) is 0 Å². The minimum absolute atomic E-state index is 0.149. The first-order valence-electron chi connectivity index (χ1n) is 11.1.